The second-order valence-corrected chi connectivity index (χ2v) is 7.32. The minimum absolute atomic E-state index is 0. The molecule has 1 aliphatic heterocycles. The summed E-state index contributed by atoms with van der Waals surface area (Å²) in [4.78, 5) is 6.68. The Labute approximate surface area is 185 Å². The number of guanidine groups is 1. The Hall–Kier alpha value is -1.35. The van der Waals surface area contributed by atoms with Crippen molar-refractivity contribution in [1.82, 2.24) is 10.6 Å². The summed E-state index contributed by atoms with van der Waals surface area (Å²) in [6.45, 7) is 2.43. The van der Waals surface area contributed by atoms with Gasteiger partial charge in [0.05, 0.1) is 0 Å². The zero-order valence-corrected chi connectivity index (χ0v) is 19.2. The van der Waals surface area contributed by atoms with Crippen LogP contribution in [0.3, 0.4) is 0 Å². The van der Waals surface area contributed by atoms with E-state index < -0.39 is 0 Å². The van der Waals surface area contributed by atoms with Gasteiger partial charge in [-0.25, -0.2) is 4.39 Å². The molecule has 0 atom stereocenters. The third kappa shape index (κ3) is 6.34. The molecule has 0 aliphatic carbocycles. The first-order valence-electron chi connectivity index (χ1n) is 8.87. The Balaban J connectivity index is 0.00000261. The first-order valence-corrected chi connectivity index (χ1v) is 9.66. The van der Waals surface area contributed by atoms with Crippen LogP contribution >= 0.6 is 39.9 Å². The number of piperidine rings is 1. The quantitative estimate of drug-likeness (QED) is 0.336. The molecule has 2 aromatic rings. The number of nitrogens with one attached hydrogen (secondary N) is 2. The molecule has 0 radical (unpaired) electrons. The topological polar surface area (TPSA) is 39.7 Å². The van der Waals surface area contributed by atoms with Crippen molar-refractivity contribution in [3.8, 4) is 0 Å². The summed E-state index contributed by atoms with van der Waals surface area (Å²) in [6, 6.07) is 16.0. The van der Waals surface area contributed by atoms with E-state index in [9.17, 15) is 4.39 Å². The van der Waals surface area contributed by atoms with E-state index in [0.29, 0.717) is 24.1 Å². The minimum Gasteiger partial charge on any atom is -0.371 e. The van der Waals surface area contributed by atoms with Crippen LogP contribution in [0.25, 0.3) is 0 Å². The smallest absolute Gasteiger partial charge is 0.191 e. The molecule has 7 heteroatoms. The molecule has 0 amide bonds. The van der Waals surface area contributed by atoms with Crippen LogP contribution in [-0.2, 0) is 6.54 Å². The molecular formula is C20H25BrFIN4. The maximum atomic E-state index is 13.9. The predicted molar refractivity (Wildman–Crippen MR) is 125 cm³/mol. The molecule has 1 heterocycles. The molecular weight excluding hydrogens is 522 g/mol. The largest absolute Gasteiger partial charge is 0.371 e. The molecule has 0 unspecified atom stereocenters. The maximum Gasteiger partial charge on any atom is 0.191 e. The standard InChI is InChI=1S/C20H24BrFN4.HI/c1-23-20(24-14-15-7-8-16(21)13-19(15)22)25-17-9-11-26(12-10-17)18-5-3-2-4-6-18;/h2-8,13,17H,9-12,14H2,1H3,(H2,23,24,25);1H. The summed E-state index contributed by atoms with van der Waals surface area (Å²) in [5.41, 5.74) is 1.90. The van der Waals surface area contributed by atoms with Crippen molar-refractivity contribution in [2.75, 3.05) is 25.0 Å². The van der Waals surface area contributed by atoms with Crippen LogP contribution < -0.4 is 15.5 Å². The van der Waals surface area contributed by atoms with Crippen LogP contribution in [0.15, 0.2) is 58.0 Å². The van der Waals surface area contributed by atoms with Crippen LogP contribution in [0, 0.1) is 5.82 Å². The van der Waals surface area contributed by atoms with Gasteiger partial charge in [0, 0.05) is 48.4 Å². The van der Waals surface area contributed by atoms with E-state index in [1.807, 2.05) is 12.1 Å². The van der Waals surface area contributed by atoms with Gasteiger partial charge in [-0.05, 0) is 37.1 Å². The Morgan fingerprint density at radius 3 is 2.52 bits per heavy atom. The molecule has 4 nitrogen and oxygen atoms in total. The van der Waals surface area contributed by atoms with Gasteiger partial charge in [-0.3, -0.25) is 4.99 Å². The number of anilines is 1. The van der Waals surface area contributed by atoms with E-state index in [-0.39, 0.29) is 29.8 Å². The van der Waals surface area contributed by atoms with Crippen LogP contribution in [-0.4, -0.2) is 32.1 Å². The molecule has 0 aromatic heterocycles. The molecule has 1 saturated heterocycles. The second kappa shape index (κ2) is 10.8. The van der Waals surface area contributed by atoms with Gasteiger partial charge in [0.25, 0.3) is 0 Å². The van der Waals surface area contributed by atoms with Crippen LogP contribution in [0.2, 0.25) is 0 Å². The third-order valence-electron chi connectivity index (χ3n) is 4.64. The van der Waals surface area contributed by atoms with Gasteiger partial charge in [-0.15, -0.1) is 24.0 Å². The van der Waals surface area contributed by atoms with Gasteiger partial charge in [-0.1, -0.05) is 40.2 Å². The molecule has 1 aliphatic rings. The number of hydrogen-bond acceptors (Lipinski definition) is 2. The SMILES string of the molecule is CN=C(NCc1ccc(Br)cc1F)NC1CCN(c2ccccc2)CC1.I. The van der Waals surface area contributed by atoms with Crippen molar-refractivity contribution in [3.05, 3.63) is 64.4 Å². The Kier molecular flexibility index (Phi) is 8.82. The Bertz CT molecular complexity index is 749. The lowest BCUT2D eigenvalue weighted by molar-refractivity contribution is 0.461. The fourth-order valence-electron chi connectivity index (χ4n) is 3.15. The van der Waals surface area contributed by atoms with Crippen molar-refractivity contribution in [1.29, 1.82) is 0 Å². The van der Waals surface area contributed by atoms with E-state index in [0.717, 1.165) is 30.4 Å². The van der Waals surface area contributed by atoms with E-state index in [1.165, 1.54) is 11.8 Å². The fourth-order valence-corrected chi connectivity index (χ4v) is 3.49. The van der Waals surface area contributed by atoms with Crippen LogP contribution in [0.4, 0.5) is 10.1 Å². The van der Waals surface area contributed by atoms with Crippen LogP contribution in [0.5, 0.6) is 0 Å². The molecule has 146 valence electrons. The summed E-state index contributed by atoms with van der Waals surface area (Å²) in [6.07, 6.45) is 2.09. The molecule has 0 saturated carbocycles. The average molecular weight is 547 g/mol. The minimum atomic E-state index is -0.224. The zero-order chi connectivity index (χ0) is 18.4. The summed E-state index contributed by atoms with van der Waals surface area (Å²) in [5.74, 6) is 0.490. The number of nitrogens with zero attached hydrogens (tertiary/aromatic N) is 2. The van der Waals surface area contributed by atoms with Crippen molar-refractivity contribution < 1.29 is 4.39 Å². The first-order chi connectivity index (χ1) is 12.7. The van der Waals surface area contributed by atoms with E-state index in [1.54, 1.807) is 13.1 Å². The molecule has 0 spiro atoms. The summed E-state index contributed by atoms with van der Waals surface area (Å²) in [5, 5.41) is 6.67. The van der Waals surface area contributed by atoms with Gasteiger partial charge in [0.1, 0.15) is 5.82 Å². The molecule has 2 N–H and O–H groups in total. The van der Waals surface area contributed by atoms with Crippen molar-refractivity contribution in [3.63, 3.8) is 0 Å². The van der Waals surface area contributed by atoms with Crippen LogP contribution in [0.1, 0.15) is 18.4 Å². The third-order valence-corrected chi connectivity index (χ3v) is 5.14. The molecule has 1 fully saturated rings. The zero-order valence-electron chi connectivity index (χ0n) is 15.3. The molecule has 0 bridgehead atoms. The van der Waals surface area contributed by atoms with Gasteiger partial charge < -0.3 is 15.5 Å². The monoisotopic (exact) mass is 546 g/mol. The van der Waals surface area contributed by atoms with Crippen molar-refractivity contribution in [2.24, 2.45) is 4.99 Å². The summed E-state index contributed by atoms with van der Waals surface area (Å²) < 4.78 is 14.7. The molecule has 3 rings (SSSR count). The van der Waals surface area contributed by atoms with Gasteiger partial charge in [0.2, 0.25) is 0 Å². The second-order valence-electron chi connectivity index (χ2n) is 6.40. The van der Waals surface area contributed by atoms with E-state index in [4.69, 9.17) is 0 Å². The fraction of sp³-hybridized carbons (Fsp3) is 0.350. The summed E-state index contributed by atoms with van der Waals surface area (Å²) >= 11 is 3.28. The Morgan fingerprint density at radius 2 is 1.89 bits per heavy atom. The highest BCUT2D eigenvalue weighted by Crippen LogP contribution is 2.19. The van der Waals surface area contributed by atoms with Gasteiger partial charge >= 0.3 is 0 Å². The number of hydrogen-bond donors (Lipinski definition) is 2. The number of aliphatic imine (C=N–C) groups is 1. The first kappa shape index (κ1) is 21.9. The lowest BCUT2D eigenvalue weighted by atomic mass is 10.0. The van der Waals surface area contributed by atoms with Crippen molar-refractivity contribution in [2.45, 2.75) is 25.4 Å². The molecule has 2 aromatic carbocycles. The normalized spacial score (nSPS) is 15.2. The average Bonchev–Trinajstić information content (AvgIpc) is 2.67. The number of rotatable bonds is 4. The predicted octanol–water partition coefficient (Wildman–Crippen LogP) is 4.54. The van der Waals surface area contributed by atoms with E-state index >= 15 is 0 Å². The van der Waals surface area contributed by atoms with Crippen molar-refractivity contribution >= 4 is 51.6 Å². The molecule has 27 heavy (non-hydrogen) atoms. The van der Waals surface area contributed by atoms with Gasteiger partial charge in [0.15, 0.2) is 5.96 Å². The lowest BCUT2D eigenvalue weighted by Crippen LogP contribution is -2.48. The lowest BCUT2D eigenvalue weighted by Gasteiger charge is -2.34. The number of halogens is 3. The maximum absolute atomic E-state index is 13.9. The van der Waals surface area contributed by atoms with E-state index in [2.05, 4.69) is 60.7 Å². The summed E-state index contributed by atoms with van der Waals surface area (Å²) in [7, 11) is 1.74. The highest BCUT2D eigenvalue weighted by Gasteiger charge is 2.20. The number of benzene rings is 2. The Morgan fingerprint density at radius 1 is 1.19 bits per heavy atom. The highest BCUT2D eigenvalue weighted by atomic mass is 127. The van der Waals surface area contributed by atoms with Gasteiger partial charge in [-0.2, -0.15) is 0 Å². The number of para-hydroxylation sites is 1. The highest BCUT2D eigenvalue weighted by molar-refractivity contribution is 14.0.